The average molecular weight is 419 g/mol. The van der Waals surface area contributed by atoms with Crippen molar-refractivity contribution in [2.24, 2.45) is 0 Å². The number of aromatic nitrogens is 1. The highest BCUT2D eigenvalue weighted by Gasteiger charge is 2.35. The number of nitrogens with zero attached hydrogens (tertiary/aromatic N) is 2. The highest BCUT2D eigenvalue weighted by molar-refractivity contribution is 7.14. The lowest BCUT2D eigenvalue weighted by Crippen LogP contribution is -2.32. The van der Waals surface area contributed by atoms with Crippen molar-refractivity contribution in [3.8, 4) is 17.0 Å². The molecule has 7 nitrogen and oxygen atoms in total. The van der Waals surface area contributed by atoms with Crippen molar-refractivity contribution >= 4 is 34.2 Å². The molecular formula is C22H17N3O4S. The van der Waals surface area contributed by atoms with Gasteiger partial charge in [0.2, 0.25) is 5.91 Å². The molecule has 3 heterocycles. The summed E-state index contributed by atoms with van der Waals surface area (Å²) in [7, 11) is 0. The second-order valence-electron chi connectivity index (χ2n) is 7.06. The molecule has 0 radical (unpaired) electrons. The van der Waals surface area contributed by atoms with Gasteiger partial charge in [0.1, 0.15) is 5.75 Å². The zero-order valence-electron chi connectivity index (χ0n) is 15.9. The molecule has 8 heteroatoms. The number of benzene rings is 2. The highest BCUT2D eigenvalue weighted by atomic mass is 32.1. The van der Waals surface area contributed by atoms with Crippen molar-refractivity contribution in [2.45, 2.75) is 12.8 Å². The van der Waals surface area contributed by atoms with Crippen LogP contribution in [0.5, 0.6) is 5.75 Å². The summed E-state index contributed by atoms with van der Waals surface area (Å²) in [6.07, 6.45) is 0.894. The minimum atomic E-state index is -0.361. The first-order valence-corrected chi connectivity index (χ1v) is 10.4. The van der Waals surface area contributed by atoms with Gasteiger partial charge in [-0.2, -0.15) is 0 Å². The normalized spacial score (nSPS) is 14.5. The molecule has 0 spiro atoms. The number of hydrogen-bond acceptors (Lipinski definition) is 6. The van der Waals surface area contributed by atoms with Crippen molar-refractivity contribution in [1.82, 2.24) is 9.88 Å². The molecule has 0 atom stereocenters. The molecule has 2 aromatic carbocycles. The van der Waals surface area contributed by atoms with Crippen LogP contribution in [0.15, 0.2) is 47.8 Å². The summed E-state index contributed by atoms with van der Waals surface area (Å²) >= 11 is 1.33. The van der Waals surface area contributed by atoms with Crippen LogP contribution < -0.4 is 10.1 Å². The number of fused-ring (bicyclic) bond motifs is 2. The van der Waals surface area contributed by atoms with E-state index in [0.717, 1.165) is 33.9 Å². The minimum Gasteiger partial charge on any atom is -0.493 e. The van der Waals surface area contributed by atoms with Crippen LogP contribution in [0.4, 0.5) is 5.13 Å². The van der Waals surface area contributed by atoms with Gasteiger partial charge < -0.3 is 10.1 Å². The first kappa shape index (κ1) is 18.5. The zero-order chi connectivity index (χ0) is 20.7. The van der Waals surface area contributed by atoms with Crippen molar-refractivity contribution in [3.63, 3.8) is 0 Å². The Balaban J connectivity index is 1.21. The number of carbonyl (C=O) groups is 3. The molecule has 3 aromatic rings. The first-order chi connectivity index (χ1) is 14.6. The maximum Gasteiger partial charge on any atom is 0.261 e. The van der Waals surface area contributed by atoms with Crippen molar-refractivity contribution < 1.29 is 19.1 Å². The van der Waals surface area contributed by atoms with E-state index in [0.29, 0.717) is 22.9 Å². The molecule has 0 aliphatic carbocycles. The number of ether oxygens (including phenoxy) is 1. The van der Waals surface area contributed by atoms with Gasteiger partial charge in [0.15, 0.2) is 5.13 Å². The van der Waals surface area contributed by atoms with Gasteiger partial charge in [0.05, 0.1) is 23.4 Å². The molecule has 1 N–H and O–H groups in total. The number of anilines is 1. The number of amides is 3. The van der Waals surface area contributed by atoms with Gasteiger partial charge in [-0.05, 0) is 35.9 Å². The number of hydrogen-bond donors (Lipinski definition) is 1. The number of imide groups is 1. The summed E-state index contributed by atoms with van der Waals surface area (Å²) in [6, 6.07) is 12.6. The van der Waals surface area contributed by atoms with E-state index >= 15 is 0 Å². The summed E-state index contributed by atoms with van der Waals surface area (Å²) in [5.41, 5.74) is 3.68. The van der Waals surface area contributed by atoms with Crippen molar-refractivity contribution in [2.75, 3.05) is 18.5 Å². The van der Waals surface area contributed by atoms with Crippen LogP contribution in [0, 0.1) is 0 Å². The number of carbonyl (C=O) groups excluding carboxylic acids is 3. The zero-order valence-corrected chi connectivity index (χ0v) is 16.7. The fourth-order valence-electron chi connectivity index (χ4n) is 3.65. The highest BCUT2D eigenvalue weighted by Crippen LogP contribution is 2.32. The van der Waals surface area contributed by atoms with Gasteiger partial charge in [-0.1, -0.05) is 12.1 Å². The summed E-state index contributed by atoms with van der Waals surface area (Å²) in [6.45, 7) is 0.728. The molecule has 0 saturated heterocycles. The Morgan fingerprint density at radius 2 is 1.90 bits per heavy atom. The summed E-state index contributed by atoms with van der Waals surface area (Å²) in [5, 5.41) is 5.12. The van der Waals surface area contributed by atoms with Gasteiger partial charge in [0.25, 0.3) is 11.8 Å². The lowest BCUT2D eigenvalue weighted by atomic mass is 10.1. The monoisotopic (exact) mass is 419 g/mol. The standard InChI is InChI=1S/C22H17N3O4S/c26-19(7-9-25-20(27)15-3-1-2-4-16(15)21(25)28)24-22-23-17(12-30-22)13-5-6-18-14(11-13)8-10-29-18/h1-6,11-12H,7-10H2,(H,23,24,26). The lowest BCUT2D eigenvalue weighted by Gasteiger charge is -2.12. The Morgan fingerprint density at radius 1 is 1.13 bits per heavy atom. The largest absolute Gasteiger partial charge is 0.493 e. The molecule has 3 amide bonds. The van der Waals surface area contributed by atoms with Crippen molar-refractivity contribution in [3.05, 3.63) is 64.5 Å². The molecule has 1 aromatic heterocycles. The van der Waals surface area contributed by atoms with Crippen LogP contribution in [-0.2, 0) is 11.2 Å². The minimum absolute atomic E-state index is 0.0105. The van der Waals surface area contributed by atoms with E-state index < -0.39 is 0 Å². The maximum absolute atomic E-state index is 12.4. The van der Waals surface area contributed by atoms with Gasteiger partial charge in [-0.3, -0.25) is 19.3 Å². The lowest BCUT2D eigenvalue weighted by molar-refractivity contribution is -0.116. The van der Waals surface area contributed by atoms with Crippen LogP contribution in [0.25, 0.3) is 11.3 Å². The number of rotatable bonds is 5. The molecule has 2 aliphatic rings. The van der Waals surface area contributed by atoms with Gasteiger partial charge in [0, 0.05) is 30.3 Å². The van der Waals surface area contributed by atoms with Gasteiger partial charge in [-0.25, -0.2) is 4.98 Å². The van der Waals surface area contributed by atoms with E-state index in [1.165, 1.54) is 11.3 Å². The molecule has 30 heavy (non-hydrogen) atoms. The quantitative estimate of drug-likeness (QED) is 0.641. The molecule has 0 saturated carbocycles. The molecule has 0 bridgehead atoms. The van der Waals surface area contributed by atoms with Crippen LogP contribution >= 0.6 is 11.3 Å². The molecular weight excluding hydrogens is 402 g/mol. The van der Waals surface area contributed by atoms with E-state index in [1.807, 2.05) is 17.5 Å². The van der Waals surface area contributed by atoms with Crippen LogP contribution in [0.1, 0.15) is 32.7 Å². The summed E-state index contributed by atoms with van der Waals surface area (Å²) < 4.78 is 5.53. The summed E-state index contributed by atoms with van der Waals surface area (Å²) in [5.74, 6) is -0.105. The van der Waals surface area contributed by atoms with E-state index in [-0.39, 0.29) is 30.7 Å². The van der Waals surface area contributed by atoms with Crippen LogP contribution in [-0.4, -0.2) is 40.8 Å². The maximum atomic E-state index is 12.4. The van der Waals surface area contributed by atoms with E-state index in [1.54, 1.807) is 24.3 Å². The smallest absolute Gasteiger partial charge is 0.261 e. The third kappa shape index (κ3) is 3.25. The molecule has 0 unspecified atom stereocenters. The molecule has 0 fully saturated rings. The Labute approximate surface area is 176 Å². The number of thiazole rings is 1. The van der Waals surface area contributed by atoms with Crippen LogP contribution in [0.2, 0.25) is 0 Å². The predicted molar refractivity (Wildman–Crippen MR) is 112 cm³/mol. The predicted octanol–water partition coefficient (Wildman–Crippen LogP) is 3.37. The van der Waals surface area contributed by atoms with E-state index in [9.17, 15) is 14.4 Å². The van der Waals surface area contributed by atoms with Crippen LogP contribution in [0.3, 0.4) is 0 Å². The Bertz CT molecular complexity index is 1150. The third-order valence-electron chi connectivity index (χ3n) is 5.18. The fourth-order valence-corrected chi connectivity index (χ4v) is 4.38. The molecule has 2 aliphatic heterocycles. The second kappa shape index (κ2) is 7.38. The van der Waals surface area contributed by atoms with Gasteiger partial charge >= 0.3 is 0 Å². The Kier molecular flexibility index (Phi) is 4.55. The topological polar surface area (TPSA) is 88.6 Å². The Hall–Kier alpha value is -3.52. The van der Waals surface area contributed by atoms with E-state index in [2.05, 4.69) is 16.4 Å². The molecule has 150 valence electrons. The van der Waals surface area contributed by atoms with Crippen molar-refractivity contribution in [1.29, 1.82) is 0 Å². The summed E-state index contributed by atoms with van der Waals surface area (Å²) in [4.78, 5) is 42.7. The SMILES string of the molecule is O=C(CCN1C(=O)c2ccccc2C1=O)Nc1nc(-c2ccc3c(c2)CCO3)cs1. The van der Waals surface area contributed by atoms with E-state index in [4.69, 9.17) is 4.74 Å². The van der Waals surface area contributed by atoms with Gasteiger partial charge in [-0.15, -0.1) is 11.3 Å². The third-order valence-corrected chi connectivity index (χ3v) is 5.93. The second-order valence-corrected chi connectivity index (χ2v) is 7.92. The Morgan fingerprint density at radius 3 is 2.67 bits per heavy atom. The number of nitrogens with one attached hydrogen (secondary N) is 1. The average Bonchev–Trinajstić information content (AvgIpc) is 3.46. The first-order valence-electron chi connectivity index (χ1n) is 9.57. The molecule has 5 rings (SSSR count). The fraction of sp³-hybridized carbons (Fsp3) is 0.182.